The molecule has 3 heterocycles. The molecule has 0 N–H and O–H groups in total. The zero-order valence-electron chi connectivity index (χ0n) is 10.3. The van der Waals surface area contributed by atoms with E-state index in [9.17, 15) is 0 Å². The van der Waals surface area contributed by atoms with Crippen molar-refractivity contribution < 1.29 is 0 Å². The summed E-state index contributed by atoms with van der Waals surface area (Å²) in [6, 6.07) is 8.13. The monoisotopic (exact) mass is 237 g/mol. The number of rotatable bonds is 2. The second-order valence-electron chi connectivity index (χ2n) is 4.43. The predicted octanol–water partition coefficient (Wildman–Crippen LogP) is 1.43. The number of hydrogen-bond donors (Lipinski definition) is 0. The van der Waals surface area contributed by atoms with E-state index in [2.05, 4.69) is 46.3 Å². The van der Waals surface area contributed by atoms with Gasteiger partial charge in [-0.25, -0.2) is 4.98 Å². The van der Waals surface area contributed by atoms with Crippen molar-refractivity contribution in [2.45, 2.75) is 0 Å². The molecule has 1 fully saturated rings. The first-order chi connectivity index (χ1) is 8.83. The first kappa shape index (κ1) is 11.2. The zero-order chi connectivity index (χ0) is 12.4. The minimum Gasteiger partial charge on any atom is -0.388 e. The van der Waals surface area contributed by atoms with Gasteiger partial charge in [0.25, 0.3) is 0 Å². The lowest BCUT2D eigenvalue weighted by molar-refractivity contribution is 0.590. The maximum absolute atomic E-state index is 4.43. The van der Waals surface area contributed by atoms with Crippen LogP contribution in [-0.4, -0.2) is 42.5 Å². The van der Waals surface area contributed by atoms with E-state index >= 15 is 0 Å². The van der Waals surface area contributed by atoms with Gasteiger partial charge in [0.2, 0.25) is 0 Å². The molecule has 1 saturated heterocycles. The SMILES string of the molecule is CN1[B]N(c2cc(-c3cccnc3)ccn2)CC1. The maximum Gasteiger partial charge on any atom is 0.353 e. The Morgan fingerprint density at radius 3 is 2.83 bits per heavy atom. The minimum atomic E-state index is 0.986. The van der Waals surface area contributed by atoms with Crippen molar-refractivity contribution in [2.75, 3.05) is 24.9 Å². The normalized spacial score (nSPS) is 15.7. The van der Waals surface area contributed by atoms with Crippen LogP contribution in [0, 0.1) is 0 Å². The Morgan fingerprint density at radius 1 is 1.17 bits per heavy atom. The van der Waals surface area contributed by atoms with Gasteiger partial charge in [-0.3, -0.25) is 4.98 Å². The topological polar surface area (TPSA) is 32.3 Å². The standard InChI is InChI=1S/C13H14BN4/c1-17-7-8-18(14-17)13-9-11(4-6-16-13)12-3-2-5-15-10-12/h2-6,9-10H,7-8H2,1H3. The highest BCUT2D eigenvalue weighted by molar-refractivity contribution is 6.39. The lowest BCUT2D eigenvalue weighted by atomic mass is 10.1. The highest BCUT2D eigenvalue weighted by Crippen LogP contribution is 2.22. The van der Waals surface area contributed by atoms with Crippen LogP contribution in [0.1, 0.15) is 0 Å². The second kappa shape index (κ2) is 4.78. The number of likely N-dealkylation sites (N-methyl/N-ethyl adjacent to an activating group) is 1. The van der Waals surface area contributed by atoms with Crippen molar-refractivity contribution >= 4 is 13.4 Å². The highest BCUT2D eigenvalue weighted by atomic mass is 15.3. The van der Waals surface area contributed by atoms with Crippen LogP contribution >= 0.6 is 0 Å². The quantitative estimate of drug-likeness (QED) is 0.739. The third kappa shape index (κ3) is 2.22. The smallest absolute Gasteiger partial charge is 0.353 e. The molecule has 2 aromatic heterocycles. The van der Waals surface area contributed by atoms with Crippen molar-refractivity contribution in [2.24, 2.45) is 0 Å². The lowest BCUT2D eigenvalue weighted by Gasteiger charge is -2.16. The molecule has 0 saturated carbocycles. The van der Waals surface area contributed by atoms with Crippen molar-refractivity contribution in [3.63, 3.8) is 0 Å². The number of pyridine rings is 2. The molecule has 3 rings (SSSR count). The molecule has 1 radical (unpaired) electrons. The molecule has 5 heteroatoms. The Labute approximate surface area is 108 Å². The van der Waals surface area contributed by atoms with Gasteiger partial charge in [-0.05, 0) is 30.8 Å². The maximum atomic E-state index is 4.43. The molecule has 4 nitrogen and oxygen atoms in total. The van der Waals surface area contributed by atoms with Crippen molar-refractivity contribution in [3.05, 3.63) is 42.9 Å². The average Bonchev–Trinajstić information content (AvgIpc) is 2.87. The van der Waals surface area contributed by atoms with Crippen LogP contribution in [0.25, 0.3) is 11.1 Å². The van der Waals surface area contributed by atoms with Crippen LogP contribution in [-0.2, 0) is 0 Å². The van der Waals surface area contributed by atoms with Crippen molar-refractivity contribution in [1.29, 1.82) is 0 Å². The minimum absolute atomic E-state index is 0.986. The summed E-state index contributed by atoms with van der Waals surface area (Å²) in [4.78, 5) is 12.9. The van der Waals surface area contributed by atoms with Gasteiger partial charge in [0.05, 0.1) is 0 Å². The molecule has 0 amide bonds. The van der Waals surface area contributed by atoms with Gasteiger partial charge in [0, 0.05) is 37.2 Å². The van der Waals surface area contributed by atoms with E-state index in [0.29, 0.717) is 0 Å². The zero-order valence-corrected chi connectivity index (χ0v) is 10.3. The molecule has 0 aliphatic carbocycles. The first-order valence-corrected chi connectivity index (χ1v) is 6.01. The predicted molar refractivity (Wildman–Crippen MR) is 73.2 cm³/mol. The third-order valence-corrected chi connectivity index (χ3v) is 3.06. The van der Waals surface area contributed by atoms with E-state index in [0.717, 1.165) is 30.0 Å². The average molecular weight is 237 g/mol. The van der Waals surface area contributed by atoms with Gasteiger partial charge in [0.15, 0.2) is 0 Å². The molecular weight excluding hydrogens is 223 g/mol. The largest absolute Gasteiger partial charge is 0.388 e. The summed E-state index contributed by atoms with van der Waals surface area (Å²) in [5.74, 6) is 0.987. The molecule has 0 unspecified atom stereocenters. The Hall–Kier alpha value is -1.88. The highest BCUT2D eigenvalue weighted by Gasteiger charge is 2.20. The van der Waals surface area contributed by atoms with Crippen molar-refractivity contribution in [3.8, 4) is 11.1 Å². The summed E-state index contributed by atoms with van der Waals surface area (Å²) in [5, 5.41) is 0. The molecule has 0 spiro atoms. The van der Waals surface area contributed by atoms with Gasteiger partial charge in [-0.2, -0.15) is 0 Å². The third-order valence-electron chi connectivity index (χ3n) is 3.06. The Balaban J connectivity index is 1.90. The molecule has 0 atom stereocenters. The van der Waals surface area contributed by atoms with E-state index in [1.165, 1.54) is 0 Å². The Kier molecular flexibility index (Phi) is 2.98. The number of aromatic nitrogens is 2. The molecule has 0 aromatic carbocycles. The van der Waals surface area contributed by atoms with Gasteiger partial charge >= 0.3 is 7.55 Å². The number of hydrogen-bond acceptors (Lipinski definition) is 4. The van der Waals surface area contributed by atoms with Gasteiger partial charge < -0.3 is 9.62 Å². The van der Waals surface area contributed by atoms with Gasteiger partial charge in [0.1, 0.15) is 5.82 Å². The van der Waals surface area contributed by atoms with Crippen LogP contribution in [0.2, 0.25) is 0 Å². The van der Waals surface area contributed by atoms with Gasteiger partial charge in [-0.15, -0.1) is 0 Å². The molecule has 1 aliphatic heterocycles. The van der Waals surface area contributed by atoms with Crippen LogP contribution in [0.15, 0.2) is 42.9 Å². The van der Waals surface area contributed by atoms with Crippen LogP contribution in [0.4, 0.5) is 5.82 Å². The van der Waals surface area contributed by atoms with E-state index in [1.807, 2.05) is 24.5 Å². The fourth-order valence-corrected chi connectivity index (χ4v) is 2.08. The summed E-state index contributed by atoms with van der Waals surface area (Å²) in [5.41, 5.74) is 2.27. The molecule has 0 bridgehead atoms. The summed E-state index contributed by atoms with van der Waals surface area (Å²) in [6.45, 7) is 2.03. The second-order valence-corrected chi connectivity index (χ2v) is 4.43. The van der Waals surface area contributed by atoms with Gasteiger partial charge in [-0.1, -0.05) is 6.07 Å². The Bertz CT molecular complexity index is 532. The molecule has 1 aliphatic rings. The summed E-state index contributed by atoms with van der Waals surface area (Å²) >= 11 is 0. The van der Waals surface area contributed by atoms with E-state index in [4.69, 9.17) is 0 Å². The summed E-state index contributed by atoms with van der Waals surface area (Å²) < 4.78 is 0. The van der Waals surface area contributed by atoms with E-state index in [-0.39, 0.29) is 0 Å². The van der Waals surface area contributed by atoms with E-state index in [1.54, 1.807) is 6.20 Å². The molecule has 18 heavy (non-hydrogen) atoms. The fourth-order valence-electron chi connectivity index (χ4n) is 2.08. The summed E-state index contributed by atoms with van der Waals surface area (Å²) in [7, 11) is 4.17. The first-order valence-electron chi connectivity index (χ1n) is 6.01. The fraction of sp³-hybridized carbons (Fsp3) is 0.231. The molecule has 2 aromatic rings. The number of nitrogens with zero attached hydrogens (tertiary/aromatic N) is 4. The number of anilines is 1. The van der Waals surface area contributed by atoms with Crippen molar-refractivity contribution in [1.82, 2.24) is 14.8 Å². The lowest BCUT2D eigenvalue weighted by Crippen LogP contribution is -2.27. The molecule has 89 valence electrons. The van der Waals surface area contributed by atoms with Crippen LogP contribution in [0.3, 0.4) is 0 Å². The van der Waals surface area contributed by atoms with Crippen LogP contribution < -0.4 is 4.81 Å². The Morgan fingerprint density at radius 2 is 2.11 bits per heavy atom. The summed E-state index contributed by atoms with van der Waals surface area (Å²) in [6.07, 6.45) is 5.51. The van der Waals surface area contributed by atoms with Crippen LogP contribution in [0.5, 0.6) is 0 Å². The molecular formula is C13H14BN4. The van der Waals surface area contributed by atoms with E-state index < -0.39 is 0 Å².